The van der Waals surface area contributed by atoms with E-state index in [9.17, 15) is 0 Å². The molecule has 1 fully saturated rings. The van der Waals surface area contributed by atoms with Gasteiger partial charge in [0.15, 0.2) is 0 Å². The zero-order valence-electron chi connectivity index (χ0n) is 19.2. The van der Waals surface area contributed by atoms with Crippen LogP contribution in [0.3, 0.4) is 0 Å². The number of benzene rings is 1. The Labute approximate surface area is 190 Å². The number of ether oxygens (including phenoxy) is 2. The number of nitrogens with zero attached hydrogens (tertiary/aromatic N) is 3. The van der Waals surface area contributed by atoms with E-state index in [1.807, 2.05) is 19.2 Å². The minimum absolute atomic E-state index is 0.355. The average molecular weight is 445 g/mol. The van der Waals surface area contributed by atoms with Crippen LogP contribution in [0.15, 0.2) is 24.4 Å². The first kappa shape index (κ1) is 22.3. The van der Waals surface area contributed by atoms with E-state index in [-0.39, 0.29) is 5.60 Å². The summed E-state index contributed by atoms with van der Waals surface area (Å²) in [5.74, 6) is 1.47. The number of aromatic nitrogens is 2. The van der Waals surface area contributed by atoms with Crippen LogP contribution in [0.5, 0.6) is 5.75 Å². The van der Waals surface area contributed by atoms with E-state index < -0.39 is 5.60 Å². The van der Waals surface area contributed by atoms with Crippen LogP contribution in [0.4, 0.5) is 5.95 Å². The molecule has 1 aromatic carbocycles. The van der Waals surface area contributed by atoms with Gasteiger partial charge in [-0.1, -0.05) is 17.7 Å². The summed E-state index contributed by atoms with van der Waals surface area (Å²) in [6, 6.07) is 6.43. The van der Waals surface area contributed by atoms with Crippen molar-refractivity contribution >= 4 is 17.5 Å². The second-order valence-corrected chi connectivity index (χ2v) is 9.88. The summed E-state index contributed by atoms with van der Waals surface area (Å²) in [7, 11) is 0. The van der Waals surface area contributed by atoms with Crippen molar-refractivity contribution in [3.63, 3.8) is 0 Å². The summed E-state index contributed by atoms with van der Waals surface area (Å²) in [6.07, 6.45) is 4.03. The zero-order chi connectivity index (χ0) is 22.2. The number of hydrogen-bond donors (Lipinski definition) is 1. The summed E-state index contributed by atoms with van der Waals surface area (Å²) < 4.78 is 11.8. The molecule has 0 bridgehead atoms. The third kappa shape index (κ3) is 4.81. The molecule has 0 aliphatic carbocycles. The van der Waals surface area contributed by atoms with Crippen molar-refractivity contribution < 1.29 is 9.47 Å². The van der Waals surface area contributed by atoms with Gasteiger partial charge in [0, 0.05) is 37.4 Å². The van der Waals surface area contributed by atoms with Gasteiger partial charge in [-0.05, 0) is 65.2 Å². The molecule has 31 heavy (non-hydrogen) atoms. The molecule has 3 heterocycles. The molecule has 0 atom stereocenters. The number of likely N-dealkylation sites (tertiary alicyclic amines) is 1. The minimum atomic E-state index is -0.402. The maximum atomic E-state index is 6.22. The highest BCUT2D eigenvalue weighted by atomic mass is 35.5. The highest BCUT2D eigenvalue weighted by Crippen LogP contribution is 2.45. The molecule has 0 unspecified atom stereocenters. The molecule has 1 saturated heterocycles. The van der Waals surface area contributed by atoms with E-state index in [1.54, 1.807) is 0 Å². The Hall–Kier alpha value is -1.89. The van der Waals surface area contributed by atoms with Gasteiger partial charge in [-0.3, -0.25) is 4.90 Å². The lowest BCUT2D eigenvalue weighted by Crippen LogP contribution is -2.39. The fourth-order valence-corrected chi connectivity index (χ4v) is 4.85. The molecule has 0 saturated carbocycles. The summed E-state index contributed by atoms with van der Waals surface area (Å²) in [5, 5.41) is 4.22. The lowest BCUT2D eigenvalue weighted by atomic mass is 9.97. The smallest absolute Gasteiger partial charge is 0.223 e. The summed E-state index contributed by atoms with van der Waals surface area (Å²) in [4.78, 5) is 11.9. The van der Waals surface area contributed by atoms with Crippen LogP contribution in [0.25, 0.3) is 0 Å². The van der Waals surface area contributed by atoms with Crippen LogP contribution >= 0.6 is 11.6 Å². The maximum absolute atomic E-state index is 6.22. The van der Waals surface area contributed by atoms with Crippen molar-refractivity contribution in [2.45, 2.75) is 71.2 Å². The zero-order valence-corrected chi connectivity index (χ0v) is 19.9. The molecule has 1 N–H and O–H groups in total. The van der Waals surface area contributed by atoms with Crippen molar-refractivity contribution in [1.82, 2.24) is 14.9 Å². The molecule has 2 aliphatic heterocycles. The number of fused-ring (bicyclic) bond motifs is 1. The van der Waals surface area contributed by atoms with Gasteiger partial charge in [0.2, 0.25) is 5.95 Å². The van der Waals surface area contributed by atoms with Crippen molar-refractivity contribution in [3.05, 3.63) is 46.2 Å². The van der Waals surface area contributed by atoms with Gasteiger partial charge in [0.05, 0.1) is 22.9 Å². The number of piperidine rings is 1. The third-order valence-corrected chi connectivity index (χ3v) is 6.45. The quantitative estimate of drug-likeness (QED) is 0.668. The largest absolute Gasteiger partial charge is 0.492 e. The molecule has 7 heteroatoms. The summed E-state index contributed by atoms with van der Waals surface area (Å²) >= 11 is 6.22. The molecule has 168 valence electrons. The first-order valence-corrected chi connectivity index (χ1v) is 11.5. The Bertz CT molecular complexity index is 939. The molecule has 1 aromatic heterocycles. The Kier molecular flexibility index (Phi) is 6.16. The predicted molar refractivity (Wildman–Crippen MR) is 124 cm³/mol. The van der Waals surface area contributed by atoms with Gasteiger partial charge in [-0.15, -0.1) is 0 Å². The van der Waals surface area contributed by atoms with Crippen molar-refractivity contribution in [1.29, 1.82) is 0 Å². The standard InChI is InChI=1S/C24H33ClN4O2/c1-6-30-20-13-16(7-8-19(20)25)15-29-11-9-17(10-12-29)27-22-26-14-18-21(28-22)24(4,5)31-23(18,2)3/h7-8,13-14,17H,6,9-12,15H2,1-5H3,(H,26,27,28). The van der Waals surface area contributed by atoms with Crippen molar-refractivity contribution in [3.8, 4) is 5.75 Å². The van der Waals surface area contributed by atoms with Crippen LogP contribution < -0.4 is 10.1 Å². The monoisotopic (exact) mass is 444 g/mol. The molecule has 0 radical (unpaired) electrons. The molecule has 6 nitrogen and oxygen atoms in total. The third-order valence-electron chi connectivity index (χ3n) is 6.14. The van der Waals surface area contributed by atoms with Crippen molar-refractivity contribution in [2.75, 3.05) is 25.0 Å². The summed E-state index contributed by atoms with van der Waals surface area (Å²) in [5.41, 5.74) is 2.53. The Morgan fingerprint density at radius 2 is 1.94 bits per heavy atom. The SMILES string of the molecule is CCOc1cc(CN2CCC(Nc3ncc4c(n3)C(C)(C)OC4(C)C)CC2)ccc1Cl. The van der Waals surface area contributed by atoms with Gasteiger partial charge >= 0.3 is 0 Å². The first-order valence-electron chi connectivity index (χ1n) is 11.2. The van der Waals surface area contributed by atoms with E-state index in [2.05, 4.69) is 55.0 Å². The Morgan fingerprint density at radius 3 is 2.65 bits per heavy atom. The normalized spacial score (nSPS) is 20.5. The van der Waals surface area contributed by atoms with Crippen LogP contribution in [0, 0.1) is 0 Å². The summed E-state index contributed by atoms with van der Waals surface area (Å²) in [6.45, 7) is 13.8. The second kappa shape index (κ2) is 8.57. The second-order valence-electron chi connectivity index (χ2n) is 9.47. The first-order chi connectivity index (χ1) is 14.7. The highest BCUT2D eigenvalue weighted by molar-refractivity contribution is 6.32. The number of nitrogens with one attached hydrogen (secondary N) is 1. The maximum Gasteiger partial charge on any atom is 0.223 e. The van der Waals surface area contributed by atoms with Gasteiger partial charge in [0.25, 0.3) is 0 Å². The van der Waals surface area contributed by atoms with Crippen LogP contribution in [-0.2, 0) is 22.5 Å². The molecule has 2 aliphatic rings. The number of anilines is 1. The van der Waals surface area contributed by atoms with Crippen LogP contribution in [0.2, 0.25) is 5.02 Å². The van der Waals surface area contributed by atoms with Crippen LogP contribution in [-0.4, -0.2) is 40.6 Å². The lowest BCUT2D eigenvalue weighted by molar-refractivity contribution is -0.106. The van der Waals surface area contributed by atoms with E-state index >= 15 is 0 Å². The molecule has 0 amide bonds. The molecular weight excluding hydrogens is 412 g/mol. The average Bonchev–Trinajstić information content (AvgIpc) is 2.90. The van der Waals surface area contributed by atoms with E-state index in [4.69, 9.17) is 26.1 Å². The lowest BCUT2D eigenvalue weighted by Gasteiger charge is -2.32. The topological polar surface area (TPSA) is 59.5 Å². The molecule has 0 spiro atoms. The Balaban J connectivity index is 1.35. The fraction of sp³-hybridized carbons (Fsp3) is 0.583. The predicted octanol–water partition coefficient (Wildman–Crippen LogP) is 5.11. The molecule has 2 aromatic rings. The van der Waals surface area contributed by atoms with Gasteiger partial charge in [0.1, 0.15) is 11.4 Å². The van der Waals surface area contributed by atoms with Gasteiger partial charge in [-0.25, -0.2) is 9.97 Å². The molecule has 4 rings (SSSR count). The number of rotatable bonds is 6. The van der Waals surface area contributed by atoms with Crippen molar-refractivity contribution in [2.24, 2.45) is 0 Å². The minimum Gasteiger partial charge on any atom is -0.492 e. The fourth-order valence-electron chi connectivity index (χ4n) is 4.68. The number of hydrogen-bond acceptors (Lipinski definition) is 6. The highest BCUT2D eigenvalue weighted by Gasteiger charge is 2.45. The number of halogens is 1. The van der Waals surface area contributed by atoms with Gasteiger partial charge < -0.3 is 14.8 Å². The van der Waals surface area contributed by atoms with E-state index in [1.165, 1.54) is 5.56 Å². The Morgan fingerprint density at radius 1 is 1.19 bits per heavy atom. The van der Waals surface area contributed by atoms with Crippen LogP contribution in [0.1, 0.15) is 64.3 Å². The van der Waals surface area contributed by atoms with Gasteiger partial charge in [-0.2, -0.15) is 0 Å². The molecular formula is C24H33ClN4O2. The van der Waals surface area contributed by atoms with E-state index in [0.717, 1.165) is 49.5 Å². The van der Waals surface area contributed by atoms with E-state index in [0.29, 0.717) is 23.6 Å².